The molecule has 9 heteroatoms. The molecule has 17 heavy (non-hydrogen) atoms. The lowest BCUT2D eigenvalue weighted by molar-refractivity contribution is -0.385. The summed E-state index contributed by atoms with van der Waals surface area (Å²) < 4.78 is 23.6. The first-order valence-corrected chi connectivity index (χ1v) is 5.23. The van der Waals surface area contributed by atoms with Crippen molar-refractivity contribution in [3.8, 4) is 0 Å². The van der Waals surface area contributed by atoms with E-state index in [0.717, 1.165) is 12.1 Å². The largest absolute Gasteiger partial charge is 0.479 e. The van der Waals surface area contributed by atoms with Gasteiger partial charge in [0.25, 0.3) is 5.69 Å². The Morgan fingerprint density at radius 1 is 1.41 bits per heavy atom. The number of benzene rings is 1. The molecular weight excluding hydrogens is 252 g/mol. The number of rotatable bonds is 4. The monoisotopic (exact) mass is 258 g/mol. The molecule has 1 rings (SSSR count). The summed E-state index contributed by atoms with van der Waals surface area (Å²) in [5.41, 5.74) is -0.775. The van der Waals surface area contributed by atoms with Crippen molar-refractivity contribution in [1.82, 2.24) is 0 Å². The number of para-hydroxylation sites is 1. The number of carboxylic acid groups (broad SMARTS) is 1. The van der Waals surface area contributed by atoms with Crippen molar-refractivity contribution in [2.75, 3.05) is 0 Å². The average molecular weight is 258 g/mol. The number of aliphatic carboxylic acids is 1. The molecule has 0 heterocycles. The van der Waals surface area contributed by atoms with Gasteiger partial charge in [-0.2, -0.15) is 12.8 Å². The lowest BCUT2D eigenvalue weighted by Crippen LogP contribution is -2.11. The zero-order valence-electron chi connectivity index (χ0n) is 8.18. The summed E-state index contributed by atoms with van der Waals surface area (Å²) >= 11 is 0. The Bertz CT molecular complexity index is 586. The van der Waals surface area contributed by atoms with Gasteiger partial charge in [0.2, 0.25) is 0 Å². The number of hydrogen-bond acceptors (Lipinski definition) is 6. The Morgan fingerprint density at radius 2 is 2.00 bits per heavy atom. The molecule has 0 bridgehead atoms. The third-order valence-corrected chi connectivity index (χ3v) is 2.24. The van der Waals surface area contributed by atoms with E-state index in [0.29, 0.717) is 0 Å². The van der Waals surface area contributed by atoms with Crippen LogP contribution < -0.4 is 0 Å². The molecule has 0 radical (unpaired) electrons. The van der Waals surface area contributed by atoms with Crippen molar-refractivity contribution >= 4 is 22.2 Å². The Morgan fingerprint density at radius 3 is 2.47 bits per heavy atom. The number of carboxylic acids is 1. The van der Waals surface area contributed by atoms with Crippen molar-refractivity contribution in [1.29, 1.82) is 0 Å². The first kappa shape index (κ1) is 12.8. The van der Waals surface area contributed by atoms with Gasteiger partial charge in [-0.3, -0.25) is 10.1 Å². The van der Waals surface area contributed by atoms with Crippen molar-refractivity contribution in [2.45, 2.75) is 6.04 Å². The van der Waals surface area contributed by atoms with Crippen molar-refractivity contribution < 1.29 is 23.2 Å². The maximum atomic E-state index is 10.8. The minimum atomic E-state index is -2.97. The van der Waals surface area contributed by atoms with Gasteiger partial charge in [-0.05, 0) is 6.07 Å². The fourth-order valence-corrected chi connectivity index (χ4v) is 1.58. The standard InChI is InChI=1S/C8H6N2O6S/c11-8(12)7(9-17(15)16)5-3-1-2-4-6(5)10(13)14/h1-4,7H,(H,11,12). The van der Waals surface area contributed by atoms with Crippen molar-refractivity contribution in [3.05, 3.63) is 39.9 Å². The van der Waals surface area contributed by atoms with Gasteiger partial charge >= 0.3 is 16.5 Å². The first-order valence-electron chi connectivity index (χ1n) is 4.20. The van der Waals surface area contributed by atoms with E-state index in [4.69, 9.17) is 5.11 Å². The van der Waals surface area contributed by atoms with Crippen LogP contribution in [0.15, 0.2) is 28.6 Å². The lowest BCUT2D eigenvalue weighted by Gasteiger charge is -2.05. The fraction of sp³-hybridized carbons (Fsp3) is 0.125. The van der Waals surface area contributed by atoms with E-state index in [2.05, 4.69) is 4.36 Å². The SMILES string of the molecule is O=C(O)C(N=S(=O)=O)c1ccccc1[N+](=O)[O-]. The molecule has 1 atom stereocenters. The fourth-order valence-electron chi connectivity index (χ4n) is 1.21. The molecule has 0 aliphatic carbocycles. The molecule has 1 aromatic rings. The minimum Gasteiger partial charge on any atom is -0.479 e. The first-order chi connectivity index (χ1) is 7.93. The van der Waals surface area contributed by atoms with Crippen LogP contribution in [0.3, 0.4) is 0 Å². The third-order valence-electron chi connectivity index (χ3n) is 1.85. The Hall–Kier alpha value is -2.29. The topological polar surface area (TPSA) is 127 Å². The highest BCUT2D eigenvalue weighted by molar-refractivity contribution is 7.61. The van der Waals surface area contributed by atoms with Crippen LogP contribution in [0.4, 0.5) is 5.69 Å². The van der Waals surface area contributed by atoms with E-state index in [1.165, 1.54) is 12.1 Å². The summed E-state index contributed by atoms with van der Waals surface area (Å²) in [5, 5.41) is 19.4. The van der Waals surface area contributed by atoms with Crippen molar-refractivity contribution in [2.24, 2.45) is 4.36 Å². The molecule has 0 saturated heterocycles. The Balaban J connectivity index is 3.43. The van der Waals surface area contributed by atoms with Crippen LogP contribution in [0.25, 0.3) is 0 Å². The van der Waals surface area contributed by atoms with Gasteiger partial charge in [-0.1, -0.05) is 12.1 Å². The van der Waals surface area contributed by atoms with Crippen LogP contribution in [0, 0.1) is 10.1 Å². The second-order valence-electron chi connectivity index (χ2n) is 2.88. The van der Waals surface area contributed by atoms with Crippen LogP contribution in [0.2, 0.25) is 0 Å². The molecule has 0 fully saturated rings. The molecule has 0 saturated carbocycles. The van der Waals surface area contributed by atoms with Gasteiger partial charge in [0.1, 0.15) is 0 Å². The summed E-state index contributed by atoms with van der Waals surface area (Å²) in [4.78, 5) is 20.7. The average Bonchev–Trinajstić information content (AvgIpc) is 2.25. The van der Waals surface area contributed by atoms with Crippen LogP contribution in [0.5, 0.6) is 0 Å². The van der Waals surface area contributed by atoms with Gasteiger partial charge in [0.05, 0.1) is 10.5 Å². The summed E-state index contributed by atoms with van der Waals surface area (Å²) in [6.45, 7) is 0. The molecule has 1 unspecified atom stereocenters. The second-order valence-corrected chi connectivity index (χ2v) is 3.52. The second kappa shape index (κ2) is 5.16. The van der Waals surface area contributed by atoms with Crippen molar-refractivity contribution in [3.63, 3.8) is 0 Å². The molecule has 1 aromatic carbocycles. The maximum Gasteiger partial charge on any atom is 0.334 e. The highest BCUT2D eigenvalue weighted by Crippen LogP contribution is 2.27. The molecule has 8 nitrogen and oxygen atoms in total. The third kappa shape index (κ3) is 3.08. The Kier molecular flexibility index (Phi) is 3.88. The summed E-state index contributed by atoms with van der Waals surface area (Å²) in [7, 11) is -2.97. The normalized spacial score (nSPS) is 11.5. The van der Waals surface area contributed by atoms with E-state index < -0.39 is 33.1 Å². The summed E-state index contributed by atoms with van der Waals surface area (Å²) in [6, 6.07) is 3.12. The molecule has 90 valence electrons. The summed E-state index contributed by atoms with van der Waals surface area (Å²) in [6.07, 6.45) is 0. The number of hydrogen-bond donors (Lipinski definition) is 1. The zero-order valence-corrected chi connectivity index (χ0v) is 8.99. The van der Waals surface area contributed by atoms with Crippen LogP contribution in [-0.4, -0.2) is 24.4 Å². The molecule has 0 amide bonds. The quantitative estimate of drug-likeness (QED) is 0.628. The predicted molar refractivity (Wildman–Crippen MR) is 54.8 cm³/mol. The van der Waals surface area contributed by atoms with Gasteiger partial charge < -0.3 is 5.11 Å². The van der Waals surface area contributed by atoms with E-state index in [1.54, 1.807) is 0 Å². The van der Waals surface area contributed by atoms with Crippen LogP contribution >= 0.6 is 0 Å². The molecule has 0 spiro atoms. The number of nitro groups is 1. The maximum absolute atomic E-state index is 10.8. The van der Waals surface area contributed by atoms with E-state index >= 15 is 0 Å². The molecular formula is C8H6N2O6S. The highest BCUT2D eigenvalue weighted by atomic mass is 32.2. The van der Waals surface area contributed by atoms with Crippen LogP contribution in [0.1, 0.15) is 11.6 Å². The molecule has 0 aromatic heterocycles. The number of carbonyl (C=O) groups is 1. The molecule has 1 N–H and O–H groups in total. The molecule has 0 aliphatic rings. The predicted octanol–water partition coefficient (Wildman–Crippen LogP) is 0.783. The zero-order chi connectivity index (χ0) is 13.0. The smallest absolute Gasteiger partial charge is 0.334 e. The van der Waals surface area contributed by atoms with E-state index in [1.807, 2.05) is 0 Å². The highest BCUT2D eigenvalue weighted by Gasteiger charge is 2.27. The summed E-state index contributed by atoms with van der Waals surface area (Å²) in [5.74, 6) is -1.58. The molecule has 0 aliphatic heterocycles. The van der Waals surface area contributed by atoms with Crippen LogP contribution in [-0.2, 0) is 15.3 Å². The number of nitro benzene ring substituents is 1. The van der Waals surface area contributed by atoms with Gasteiger partial charge in [-0.25, -0.2) is 4.79 Å². The van der Waals surface area contributed by atoms with Gasteiger partial charge in [0.15, 0.2) is 6.04 Å². The number of nitrogens with zero attached hydrogens (tertiary/aromatic N) is 2. The lowest BCUT2D eigenvalue weighted by atomic mass is 10.1. The van der Waals surface area contributed by atoms with E-state index in [-0.39, 0.29) is 5.56 Å². The van der Waals surface area contributed by atoms with E-state index in [9.17, 15) is 23.3 Å². The Labute approximate surface area is 96.4 Å². The van der Waals surface area contributed by atoms with Gasteiger partial charge in [0, 0.05) is 6.07 Å². The van der Waals surface area contributed by atoms with Gasteiger partial charge in [-0.15, -0.1) is 0 Å². The minimum absolute atomic E-state index is 0.283.